The van der Waals surface area contributed by atoms with Gasteiger partial charge in [0.05, 0.1) is 17.4 Å². The molecule has 1 aromatic carbocycles. The summed E-state index contributed by atoms with van der Waals surface area (Å²) < 4.78 is 0. The molecule has 1 heterocycles. The lowest BCUT2D eigenvalue weighted by molar-refractivity contribution is 0.446. The maximum atomic E-state index is 11.9. The molecule has 108 valence electrons. The first-order valence-electron chi connectivity index (χ1n) is 7.27. The smallest absolute Gasteiger partial charge is 0.258 e. The minimum absolute atomic E-state index is 0.0674. The van der Waals surface area contributed by atoms with Crippen LogP contribution in [0.25, 0.3) is 10.9 Å². The van der Waals surface area contributed by atoms with Crippen LogP contribution in [0.3, 0.4) is 0 Å². The van der Waals surface area contributed by atoms with Crippen molar-refractivity contribution >= 4 is 10.9 Å². The highest BCUT2D eigenvalue weighted by molar-refractivity contribution is 5.77. The Morgan fingerprint density at radius 3 is 2.70 bits per heavy atom. The molecule has 0 saturated heterocycles. The number of nitrogens with zero attached hydrogens (tertiary/aromatic N) is 1. The summed E-state index contributed by atoms with van der Waals surface area (Å²) in [7, 11) is 0. The van der Waals surface area contributed by atoms with E-state index in [1.54, 1.807) is 6.07 Å². The molecule has 0 radical (unpaired) electrons. The van der Waals surface area contributed by atoms with Gasteiger partial charge < -0.3 is 10.3 Å². The molecule has 1 aromatic heterocycles. The first-order valence-corrected chi connectivity index (χ1v) is 7.27. The standard InChI is InChI=1S/C16H23N3O/c1-11(2)8-9-12(3)17-10-15-18-14-7-5-4-6-13(14)16(20)19-15/h4-7,11-12,17H,8-10H2,1-3H3,(H,18,19,20). The summed E-state index contributed by atoms with van der Waals surface area (Å²) in [6, 6.07) is 7.84. The van der Waals surface area contributed by atoms with Gasteiger partial charge in [0.2, 0.25) is 0 Å². The molecule has 2 rings (SSSR count). The van der Waals surface area contributed by atoms with E-state index in [-0.39, 0.29) is 5.56 Å². The van der Waals surface area contributed by atoms with Crippen LogP contribution >= 0.6 is 0 Å². The van der Waals surface area contributed by atoms with Gasteiger partial charge in [0.25, 0.3) is 5.56 Å². The predicted molar refractivity (Wildman–Crippen MR) is 82.7 cm³/mol. The van der Waals surface area contributed by atoms with Gasteiger partial charge in [0.1, 0.15) is 5.82 Å². The maximum absolute atomic E-state index is 11.9. The van der Waals surface area contributed by atoms with E-state index >= 15 is 0 Å². The topological polar surface area (TPSA) is 57.8 Å². The number of aromatic nitrogens is 2. The summed E-state index contributed by atoms with van der Waals surface area (Å²) in [5.74, 6) is 1.42. The van der Waals surface area contributed by atoms with Crippen LogP contribution in [0.2, 0.25) is 0 Å². The van der Waals surface area contributed by atoms with Crippen LogP contribution in [0, 0.1) is 5.92 Å². The van der Waals surface area contributed by atoms with Crippen LogP contribution in [-0.2, 0) is 6.54 Å². The number of benzene rings is 1. The molecular weight excluding hydrogens is 250 g/mol. The molecule has 0 amide bonds. The van der Waals surface area contributed by atoms with Crippen LogP contribution in [0.5, 0.6) is 0 Å². The molecule has 0 fully saturated rings. The van der Waals surface area contributed by atoms with Crippen molar-refractivity contribution in [3.8, 4) is 0 Å². The van der Waals surface area contributed by atoms with Crippen molar-refractivity contribution in [1.82, 2.24) is 15.3 Å². The first-order chi connectivity index (χ1) is 9.56. The van der Waals surface area contributed by atoms with Crippen molar-refractivity contribution < 1.29 is 0 Å². The van der Waals surface area contributed by atoms with Crippen LogP contribution in [0.4, 0.5) is 0 Å². The Hall–Kier alpha value is -1.68. The van der Waals surface area contributed by atoms with Gasteiger partial charge in [0.15, 0.2) is 0 Å². The normalized spacial score (nSPS) is 13.0. The average Bonchev–Trinajstić information content (AvgIpc) is 2.43. The van der Waals surface area contributed by atoms with Gasteiger partial charge in [-0.1, -0.05) is 26.0 Å². The highest BCUT2D eigenvalue weighted by atomic mass is 16.1. The summed E-state index contributed by atoms with van der Waals surface area (Å²) in [5, 5.41) is 4.06. The maximum Gasteiger partial charge on any atom is 0.258 e. The Balaban J connectivity index is 2.01. The van der Waals surface area contributed by atoms with Gasteiger partial charge in [-0.2, -0.15) is 0 Å². The zero-order chi connectivity index (χ0) is 14.5. The third-order valence-corrected chi connectivity index (χ3v) is 3.46. The quantitative estimate of drug-likeness (QED) is 0.851. The lowest BCUT2D eigenvalue weighted by Gasteiger charge is -2.14. The van der Waals surface area contributed by atoms with Crippen LogP contribution < -0.4 is 10.9 Å². The van der Waals surface area contributed by atoms with Crippen molar-refractivity contribution in [2.75, 3.05) is 0 Å². The van der Waals surface area contributed by atoms with E-state index in [1.165, 1.54) is 6.42 Å². The van der Waals surface area contributed by atoms with E-state index in [0.29, 0.717) is 23.8 Å². The number of nitrogens with one attached hydrogen (secondary N) is 2. The fourth-order valence-electron chi connectivity index (χ4n) is 2.17. The lowest BCUT2D eigenvalue weighted by Crippen LogP contribution is -2.28. The van der Waals surface area contributed by atoms with Crippen molar-refractivity contribution in [2.24, 2.45) is 5.92 Å². The van der Waals surface area contributed by atoms with Crippen LogP contribution in [0.15, 0.2) is 29.1 Å². The average molecular weight is 273 g/mol. The molecule has 2 aromatic rings. The van der Waals surface area contributed by atoms with E-state index in [0.717, 1.165) is 17.9 Å². The van der Waals surface area contributed by atoms with Crippen LogP contribution in [-0.4, -0.2) is 16.0 Å². The Kier molecular flexibility index (Phi) is 4.90. The first kappa shape index (κ1) is 14.7. The second-order valence-electron chi connectivity index (χ2n) is 5.78. The molecule has 0 spiro atoms. The summed E-state index contributed by atoms with van der Waals surface area (Å²) >= 11 is 0. The van der Waals surface area contributed by atoms with Crippen molar-refractivity contribution in [3.05, 3.63) is 40.4 Å². The SMILES string of the molecule is CC(C)CCC(C)NCc1nc2ccccc2c(=O)[nH]1. The van der Waals surface area contributed by atoms with Gasteiger partial charge in [-0.15, -0.1) is 0 Å². The van der Waals surface area contributed by atoms with Crippen molar-refractivity contribution in [2.45, 2.75) is 46.2 Å². The van der Waals surface area contributed by atoms with E-state index in [2.05, 4.69) is 36.1 Å². The third kappa shape index (κ3) is 3.90. The Bertz CT molecular complexity index is 618. The predicted octanol–water partition coefficient (Wildman–Crippen LogP) is 2.84. The number of para-hydroxylation sites is 1. The molecule has 0 bridgehead atoms. The molecule has 4 nitrogen and oxygen atoms in total. The van der Waals surface area contributed by atoms with Gasteiger partial charge >= 0.3 is 0 Å². The minimum atomic E-state index is -0.0674. The van der Waals surface area contributed by atoms with Crippen molar-refractivity contribution in [3.63, 3.8) is 0 Å². The van der Waals surface area contributed by atoms with Gasteiger partial charge in [0, 0.05) is 6.04 Å². The number of hydrogen-bond acceptors (Lipinski definition) is 3. The molecule has 0 aliphatic carbocycles. The zero-order valence-electron chi connectivity index (χ0n) is 12.4. The second kappa shape index (κ2) is 6.66. The van der Waals surface area contributed by atoms with E-state index in [9.17, 15) is 4.79 Å². The summed E-state index contributed by atoms with van der Waals surface area (Å²) in [6.45, 7) is 7.23. The molecule has 0 saturated carbocycles. The molecule has 20 heavy (non-hydrogen) atoms. The second-order valence-corrected chi connectivity index (χ2v) is 5.78. The number of H-pyrrole nitrogens is 1. The van der Waals surface area contributed by atoms with Crippen molar-refractivity contribution in [1.29, 1.82) is 0 Å². The molecule has 4 heteroatoms. The fraction of sp³-hybridized carbons (Fsp3) is 0.500. The third-order valence-electron chi connectivity index (χ3n) is 3.46. The van der Waals surface area contributed by atoms with Gasteiger partial charge in [-0.05, 0) is 37.8 Å². The highest BCUT2D eigenvalue weighted by Crippen LogP contribution is 2.08. The number of fused-ring (bicyclic) bond motifs is 1. The number of aromatic amines is 1. The summed E-state index contributed by atoms with van der Waals surface area (Å²) in [5.41, 5.74) is 0.685. The lowest BCUT2D eigenvalue weighted by atomic mass is 10.0. The molecule has 0 aliphatic rings. The molecule has 2 N–H and O–H groups in total. The Morgan fingerprint density at radius 1 is 1.20 bits per heavy atom. The highest BCUT2D eigenvalue weighted by Gasteiger charge is 2.06. The van der Waals surface area contributed by atoms with Crippen LogP contribution in [0.1, 0.15) is 39.4 Å². The van der Waals surface area contributed by atoms with E-state index in [4.69, 9.17) is 0 Å². The molecule has 1 atom stereocenters. The van der Waals surface area contributed by atoms with Gasteiger partial charge in [-0.3, -0.25) is 4.79 Å². The zero-order valence-corrected chi connectivity index (χ0v) is 12.4. The minimum Gasteiger partial charge on any atom is -0.309 e. The molecule has 0 aliphatic heterocycles. The monoisotopic (exact) mass is 273 g/mol. The van der Waals surface area contributed by atoms with E-state index in [1.807, 2.05) is 18.2 Å². The molecular formula is C16H23N3O. The summed E-state index contributed by atoms with van der Waals surface area (Å²) in [6.07, 6.45) is 2.34. The number of hydrogen-bond donors (Lipinski definition) is 2. The molecule has 1 unspecified atom stereocenters. The fourth-order valence-corrected chi connectivity index (χ4v) is 2.17. The van der Waals surface area contributed by atoms with E-state index < -0.39 is 0 Å². The van der Waals surface area contributed by atoms with Gasteiger partial charge in [-0.25, -0.2) is 4.98 Å². The number of rotatable bonds is 6. The summed E-state index contributed by atoms with van der Waals surface area (Å²) in [4.78, 5) is 19.3. The largest absolute Gasteiger partial charge is 0.309 e. The Morgan fingerprint density at radius 2 is 1.95 bits per heavy atom. The Labute approximate surface area is 119 Å².